The highest BCUT2D eigenvalue weighted by molar-refractivity contribution is 8.76. The van der Waals surface area contributed by atoms with Crippen molar-refractivity contribution in [1.29, 1.82) is 0 Å². The van der Waals surface area contributed by atoms with Crippen LogP contribution < -0.4 is 91.6 Å². The van der Waals surface area contributed by atoms with Crippen molar-refractivity contribution < 1.29 is 86.6 Å². The van der Waals surface area contributed by atoms with Crippen molar-refractivity contribution in [3.63, 3.8) is 0 Å². The second-order valence-corrected chi connectivity index (χ2v) is 36.1. The molecule has 4 aromatic rings. The molecule has 0 unspecified atom stereocenters. The number of para-hydroxylation sites is 1. The number of primary amides is 1. The Bertz CT molecular complexity index is 4330. The molecule has 0 spiro atoms. The number of hydrogen-bond acceptors (Lipinski definition) is 23. The quantitative estimate of drug-likeness (QED) is 0.0184. The number of nitrogens with one attached hydrogen (secondary N) is 16. The first-order valence-electron chi connectivity index (χ1n) is 42.1. The van der Waals surface area contributed by atoms with Gasteiger partial charge in [-0.1, -0.05) is 126 Å². The SMILES string of the molecule is CSCC[C@H](NC(=O)[C@@H](NC(=O)[C@H](CCCCN)NC(=O)[C@@H]1CSSC[C@H](NC(=O)[C@@H](NC(=O)[C@H](CC(=O)O)NC(=O)[C@H](Cc2ccccc2)NC(C)=O)C(C)C)C(=O)N[C@@H](CCCCN)C(=O)N[C@@H](Cc2c[nH]c3ccccc23)C(=O)N[C@@H](C(C)C)C(=O)NCC(=O)N[C@@H](CC(C)C)C(=O)N2CCC[C@H]2C(=O)N[C@@H](Cc2c[nH]cn2)C(=O)N1)C(C)C)C(N)=O. The summed E-state index contributed by atoms with van der Waals surface area (Å²) in [5.74, 6) is -18.8. The van der Waals surface area contributed by atoms with Crippen LogP contribution in [-0.2, 0) is 101 Å². The maximum absolute atomic E-state index is 15.6. The number of unbranched alkanes of at least 4 members (excludes halogenated alkanes) is 2. The van der Waals surface area contributed by atoms with Crippen LogP contribution in [0, 0.1) is 23.7 Å². The van der Waals surface area contributed by atoms with E-state index < -0.39 is 227 Å². The van der Waals surface area contributed by atoms with Crippen molar-refractivity contribution >= 4 is 145 Å². The zero-order valence-corrected chi connectivity index (χ0v) is 74.9. The lowest BCUT2D eigenvalue weighted by molar-refractivity contribution is -0.142. The number of carbonyl (C=O) groups is 17. The van der Waals surface area contributed by atoms with E-state index in [1.165, 1.54) is 43.0 Å². The number of amides is 16. The van der Waals surface area contributed by atoms with E-state index in [0.29, 0.717) is 47.0 Å². The molecule has 0 bridgehead atoms. The first-order chi connectivity index (χ1) is 59.4. The summed E-state index contributed by atoms with van der Waals surface area (Å²) in [6.07, 6.45) is 5.98. The first kappa shape index (κ1) is 103. The van der Waals surface area contributed by atoms with Crippen molar-refractivity contribution in [3.8, 4) is 0 Å². The van der Waals surface area contributed by atoms with Gasteiger partial charge in [-0.05, 0) is 130 Å². The van der Waals surface area contributed by atoms with Gasteiger partial charge >= 0.3 is 5.97 Å². The molecule has 42 heteroatoms. The molecule has 125 heavy (non-hydrogen) atoms. The number of imidazole rings is 1. The van der Waals surface area contributed by atoms with Crippen molar-refractivity contribution in [2.45, 2.75) is 237 Å². The molecule has 4 heterocycles. The summed E-state index contributed by atoms with van der Waals surface area (Å²) in [6, 6.07) is -5.19. The molecule has 16 amide bonds. The van der Waals surface area contributed by atoms with Gasteiger partial charge < -0.3 is 112 Å². The topological polar surface area (TPSA) is 605 Å². The van der Waals surface area contributed by atoms with E-state index in [9.17, 15) is 57.8 Å². The Morgan fingerprint density at radius 3 is 1.85 bits per heavy atom. The standard InChI is InChI=1S/C83H125N21O18S3/c1-44(2)33-61-83(122)104-31-20-27-64(104)79(118)98-59(36-51-39-87-43-90-51)74(113)99-62(77(116)95-56(26-17-19-30-85)72(111)102-68(46(5)6)81(120)93-54(70(86)109)28-32-123-10)41-124-125-42-63(100-82(121)69(47(7)8)103-76(115)60(37-66(107)108)97-73(112)57(91-48(9)105)34-49-21-12-11-13-22-49)78(117)94-55(25-16-18-29-84)71(110)96-58(35-50-38-88-53-24-15-14-23-52(50)53)75(114)101-67(45(3)4)80(119)89-40-65(106)92-61/h11-15,21-24,38-39,43-47,54-64,67-69,88H,16-20,25-37,40-42,84-85H2,1-10H3,(H2,86,109)(H,87,90)(H,89,119)(H,91,105)(H,92,106)(H,93,120)(H,94,117)(H,95,116)(H,96,110)(H,97,112)(H,98,118)(H,99,113)(H,100,121)(H,101,114)(H,102,111)(H,103,115)(H,107,108)/t54-,55-,56-,57-,58-,59-,60-,61-,62-,63-,64-,67-,68-,69-/m0/s1. The van der Waals surface area contributed by atoms with Gasteiger partial charge in [0.1, 0.15) is 84.6 Å². The number of carboxylic acid groups (broad SMARTS) is 1. The highest BCUT2D eigenvalue weighted by Crippen LogP contribution is 2.27. The van der Waals surface area contributed by atoms with Crippen LogP contribution >= 0.6 is 33.3 Å². The minimum absolute atomic E-state index is 0.0309. The summed E-state index contributed by atoms with van der Waals surface area (Å²) in [5, 5.41) is 48.1. The molecule has 2 saturated heterocycles. The number of hydrogen-bond donors (Lipinski definition) is 20. The highest BCUT2D eigenvalue weighted by Gasteiger charge is 2.43. The van der Waals surface area contributed by atoms with Gasteiger partial charge in [0.25, 0.3) is 0 Å². The molecule has 2 aliphatic heterocycles. The van der Waals surface area contributed by atoms with E-state index in [0.717, 1.165) is 28.5 Å². The van der Waals surface area contributed by atoms with Gasteiger partial charge in [0.05, 0.1) is 25.0 Å². The molecule has 0 aliphatic carbocycles. The van der Waals surface area contributed by atoms with Gasteiger partial charge in [-0.15, -0.1) is 0 Å². The number of carboxylic acids is 1. The van der Waals surface area contributed by atoms with Gasteiger partial charge in [0, 0.05) is 67.5 Å². The van der Waals surface area contributed by atoms with Crippen LogP contribution in [-0.4, -0.2) is 260 Å². The number of H-pyrrole nitrogens is 2. The Labute approximate surface area is 739 Å². The maximum Gasteiger partial charge on any atom is 0.305 e. The van der Waals surface area contributed by atoms with Crippen LogP contribution in [0.5, 0.6) is 0 Å². The van der Waals surface area contributed by atoms with Gasteiger partial charge in [-0.2, -0.15) is 11.8 Å². The summed E-state index contributed by atoms with van der Waals surface area (Å²) < 4.78 is 0. The minimum Gasteiger partial charge on any atom is -0.481 e. The molecular formula is C83H125N21O18S3. The summed E-state index contributed by atoms with van der Waals surface area (Å²) in [6.45, 7) is 13.9. The fourth-order valence-corrected chi connectivity index (χ4v) is 16.9. The number of thioether (sulfide) groups is 1. The van der Waals surface area contributed by atoms with E-state index >= 15 is 28.8 Å². The Morgan fingerprint density at radius 1 is 0.608 bits per heavy atom. The molecule has 23 N–H and O–H groups in total. The molecule has 0 saturated carbocycles. The number of nitrogens with two attached hydrogens (primary N) is 3. The molecule has 688 valence electrons. The van der Waals surface area contributed by atoms with Crippen LogP contribution in [0.15, 0.2) is 73.3 Å². The van der Waals surface area contributed by atoms with Gasteiger partial charge in [0.15, 0.2) is 0 Å². The number of aromatic nitrogens is 3. The lowest BCUT2D eigenvalue weighted by Crippen LogP contribution is -2.61. The molecule has 2 aliphatic rings. The van der Waals surface area contributed by atoms with Crippen molar-refractivity contribution in [2.24, 2.45) is 40.9 Å². The van der Waals surface area contributed by atoms with Crippen LogP contribution in [0.3, 0.4) is 0 Å². The van der Waals surface area contributed by atoms with Crippen molar-refractivity contribution in [1.82, 2.24) is 94.3 Å². The molecular weight excluding hydrogens is 1680 g/mol. The smallest absolute Gasteiger partial charge is 0.305 e. The zero-order chi connectivity index (χ0) is 92.1. The zero-order valence-electron chi connectivity index (χ0n) is 72.4. The van der Waals surface area contributed by atoms with Crippen LogP contribution in [0.1, 0.15) is 150 Å². The number of aromatic amines is 2. The summed E-state index contributed by atoms with van der Waals surface area (Å²) in [5.41, 5.74) is 19.7. The van der Waals surface area contributed by atoms with E-state index in [1.807, 2.05) is 13.8 Å². The minimum atomic E-state index is -1.88. The number of nitrogens with zero attached hydrogens (tertiary/aromatic N) is 2. The molecule has 6 rings (SSSR count). The average molecular weight is 1800 g/mol. The number of fused-ring (bicyclic) bond motifs is 2. The second kappa shape index (κ2) is 52.2. The highest BCUT2D eigenvalue weighted by atomic mass is 33.1. The van der Waals surface area contributed by atoms with Gasteiger partial charge in [0.2, 0.25) is 94.5 Å². The lowest BCUT2D eigenvalue weighted by atomic mass is 10.00. The Morgan fingerprint density at radius 2 is 1.22 bits per heavy atom. The van der Waals surface area contributed by atoms with Gasteiger partial charge in [-0.3, -0.25) is 81.5 Å². The molecule has 0 radical (unpaired) electrons. The average Bonchev–Trinajstić information content (AvgIpc) is 1.66. The van der Waals surface area contributed by atoms with Crippen molar-refractivity contribution in [3.05, 3.63) is 90.1 Å². The Hall–Kier alpha value is -10.8. The molecule has 14 atom stereocenters. The van der Waals surface area contributed by atoms with E-state index in [4.69, 9.17) is 17.2 Å². The van der Waals surface area contributed by atoms with Crippen LogP contribution in [0.2, 0.25) is 0 Å². The fraction of sp³-hybridized carbons (Fsp3) is 0.590. The first-order valence-corrected chi connectivity index (χ1v) is 46.0. The number of carbonyl (C=O) groups excluding carboxylic acids is 16. The Balaban J connectivity index is 1.50. The van der Waals surface area contributed by atoms with E-state index in [2.05, 4.69) is 89.4 Å². The van der Waals surface area contributed by atoms with Gasteiger partial charge in [-0.25, -0.2) is 4.98 Å². The third-order valence-electron chi connectivity index (χ3n) is 20.9. The third kappa shape index (κ3) is 33.5. The van der Waals surface area contributed by atoms with Crippen molar-refractivity contribution in [2.75, 3.05) is 49.7 Å². The van der Waals surface area contributed by atoms with E-state index in [1.54, 1.807) is 94.7 Å². The maximum atomic E-state index is 15.6. The molecule has 39 nitrogen and oxygen atoms in total. The predicted octanol–water partition coefficient (Wildman–Crippen LogP) is -1.27. The van der Waals surface area contributed by atoms with Crippen LogP contribution in [0.4, 0.5) is 0 Å². The lowest BCUT2D eigenvalue weighted by Gasteiger charge is -2.31. The predicted molar refractivity (Wildman–Crippen MR) is 472 cm³/mol. The largest absolute Gasteiger partial charge is 0.481 e. The van der Waals surface area contributed by atoms with Crippen LogP contribution in [0.25, 0.3) is 10.9 Å². The Kier molecular flexibility index (Phi) is 43.0. The third-order valence-corrected chi connectivity index (χ3v) is 24.0. The number of aliphatic carboxylic acids is 1. The molecule has 2 fully saturated rings. The number of rotatable bonds is 38. The summed E-state index contributed by atoms with van der Waals surface area (Å²) >= 11 is 1.41. The molecule has 2 aromatic heterocycles. The summed E-state index contributed by atoms with van der Waals surface area (Å²) in [7, 11) is 1.66. The van der Waals surface area contributed by atoms with E-state index in [-0.39, 0.29) is 95.5 Å². The normalized spacial score (nSPS) is 20.9. The fourth-order valence-electron chi connectivity index (χ4n) is 14.1. The second-order valence-electron chi connectivity index (χ2n) is 32.5. The molecule has 2 aromatic carbocycles. The monoisotopic (exact) mass is 1800 g/mol. The summed E-state index contributed by atoms with van der Waals surface area (Å²) in [4.78, 5) is 257. The number of benzene rings is 2.